The van der Waals surface area contributed by atoms with Gasteiger partial charge >= 0.3 is 0 Å². The van der Waals surface area contributed by atoms with Crippen LogP contribution in [0.5, 0.6) is 0 Å². The van der Waals surface area contributed by atoms with Gasteiger partial charge in [-0.2, -0.15) is 10.2 Å². The number of anilines is 1. The molecule has 1 amide bonds. The maximum absolute atomic E-state index is 12.6. The van der Waals surface area contributed by atoms with Crippen LogP contribution in [0.4, 0.5) is 5.69 Å². The van der Waals surface area contributed by atoms with Gasteiger partial charge in [-0.3, -0.25) is 9.48 Å². The van der Waals surface area contributed by atoms with Crippen molar-refractivity contribution in [1.82, 2.24) is 29.7 Å². The average molecular weight is 459 g/mol. The van der Waals surface area contributed by atoms with Crippen molar-refractivity contribution < 1.29 is 4.79 Å². The SMILES string of the molecule is Cc1cc(-c2cnc3c(NCC(C)(C)N)cc(-c4ccnn4C)nn23)ccc1C(=O)NC1CC1. The number of aryl methyl sites for hydroxylation is 2. The predicted molar refractivity (Wildman–Crippen MR) is 133 cm³/mol. The van der Waals surface area contributed by atoms with Gasteiger partial charge in [-0.25, -0.2) is 9.50 Å². The number of benzene rings is 1. The molecule has 0 saturated heterocycles. The monoisotopic (exact) mass is 458 g/mol. The van der Waals surface area contributed by atoms with Crippen molar-refractivity contribution in [3.8, 4) is 22.6 Å². The van der Waals surface area contributed by atoms with Gasteiger partial charge in [0.2, 0.25) is 0 Å². The van der Waals surface area contributed by atoms with Crippen molar-refractivity contribution in [2.45, 2.75) is 45.2 Å². The van der Waals surface area contributed by atoms with Crippen molar-refractivity contribution in [3.63, 3.8) is 0 Å². The Morgan fingerprint density at radius 1 is 1.21 bits per heavy atom. The summed E-state index contributed by atoms with van der Waals surface area (Å²) in [6.07, 6.45) is 5.69. The third kappa shape index (κ3) is 4.38. The zero-order valence-electron chi connectivity index (χ0n) is 20.0. The van der Waals surface area contributed by atoms with Gasteiger partial charge in [-0.15, -0.1) is 0 Å². The second-order valence-electron chi connectivity index (χ2n) is 9.78. The molecule has 0 aliphatic heterocycles. The van der Waals surface area contributed by atoms with Gasteiger partial charge in [0.15, 0.2) is 5.65 Å². The smallest absolute Gasteiger partial charge is 0.251 e. The number of hydrogen-bond acceptors (Lipinski definition) is 6. The van der Waals surface area contributed by atoms with Crippen molar-refractivity contribution in [1.29, 1.82) is 0 Å². The Balaban J connectivity index is 1.58. The molecule has 0 atom stereocenters. The Morgan fingerprint density at radius 2 is 2.00 bits per heavy atom. The molecule has 0 radical (unpaired) electrons. The molecule has 0 spiro atoms. The summed E-state index contributed by atoms with van der Waals surface area (Å²) in [6.45, 7) is 6.48. The van der Waals surface area contributed by atoms with Crippen LogP contribution in [0.2, 0.25) is 0 Å². The lowest BCUT2D eigenvalue weighted by molar-refractivity contribution is 0.0950. The number of carbonyl (C=O) groups excluding carboxylic acids is 1. The number of fused-ring (bicyclic) bond motifs is 1. The fraction of sp³-hybridized carbons (Fsp3) is 0.360. The van der Waals surface area contributed by atoms with Crippen LogP contribution in [0.3, 0.4) is 0 Å². The molecule has 0 unspecified atom stereocenters. The molecule has 9 nitrogen and oxygen atoms in total. The number of carbonyl (C=O) groups is 1. The second-order valence-corrected chi connectivity index (χ2v) is 9.78. The van der Waals surface area contributed by atoms with E-state index in [0.717, 1.165) is 46.7 Å². The van der Waals surface area contributed by atoms with Gasteiger partial charge in [0.05, 0.1) is 23.3 Å². The molecule has 4 N–H and O–H groups in total. The van der Waals surface area contributed by atoms with E-state index in [2.05, 4.69) is 20.7 Å². The summed E-state index contributed by atoms with van der Waals surface area (Å²) in [7, 11) is 1.89. The van der Waals surface area contributed by atoms with Crippen LogP contribution in [-0.4, -0.2) is 48.4 Å². The van der Waals surface area contributed by atoms with E-state index in [1.807, 2.05) is 68.9 Å². The molecule has 34 heavy (non-hydrogen) atoms. The summed E-state index contributed by atoms with van der Waals surface area (Å²) < 4.78 is 3.63. The number of hydrogen-bond donors (Lipinski definition) is 3. The fourth-order valence-corrected chi connectivity index (χ4v) is 3.94. The van der Waals surface area contributed by atoms with Crippen LogP contribution >= 0.6 is 0 Å². The average Bonchev–Trinajstić information content (AvgIpc) is 3.31. The topological polar surface area (TPSA) is 115 Å². The lowest BCUT2D eigenvalue weighted by Gasteiger charge is -2.20. The van der Waals surface area contributed by atoms with Crippen molar-refractivity contribution >= 4 is 17.2 Å². The lowest BCUT2D eigenvalue weighted by atomic mass is 10.0. The second kappa shape index (κ2) is 8.25. The number of nitrogens with two attached hydrogens (primary N) is 1. The lowest BCUT2D eigenvalue weighted by Crippen LogP contribution is -2.39. The summed E-state index contributed by atoms with van der Waals surface area (Å²) in [6, 6.07) is 10.1. The first-order valence-electron chi connectivity index (χ1n) is 11.5. The van der Waals surface area contributed by atoms with Crippen molar-refractivity contribution in [2.75, 3.05) is 11.9 Å². The van der Waals surface area contributed by atoms with Gasteiger partial charge in [0.25, 0.3) is 5.91 Å². The first-order valence-corrected chi connectivity index (χ1v) is 11.5. The predicted octanol–water partition coefficient (Wildman–Crippen LogP) is 3.15. The molecule has 3 heterocycles. The van der Waals surface area contributed by atoms with E-state index >= 15 is 0 Å². The van der Waals surface area contributed by atoms with Crippen molar-refractivity contribution in [3.05, 3.63) is 53.9 Å². The van der Waals surface area contributed by atoms with Crippen LogP contribution in [0, 0.1) is 6.92 Å². The molecule has 0 bridgehead atoms. The van der Waals surface area contributed by atoms with Crippen molar-refractivity contribution in [2.24, 2.45) is 12.8 Å². The van der Waals surface area contributed by atoms with Gasteiger partial charge < -0.3 is 16.4 Å². The van der Waals surface area contributed by atoms with E-state index in [1.54, 1.807) is 10.9 Å². The number of nitrogens with one attached hydrogen (secondary N) is 2. The van der Waals surface area contributed by atoms with Gasteiger partial charge in [-0.1, -0.05) is 6.07 Å². The standard InChI is InChI=1S/C25H30N8O/c1-15-11-16(5-8-18(15)24(34)30-17-6-7-17)22-13-27-23-20(28-14-25(2,3)26)12-19(31-33(22)23)21-9-10-29-32(21)4/h5,8-13,17,28H,6-7,14,26H2,1-4H3,(H,30,34). The maximum atomic E-state index is 12.6. The third-order valence-corrected chi connectivity index (χ3v) is 5.96. The molecule has 1 aliphatic carbocycles. The van der Waals surface area contributed by atoms with Crippen LogP contribution in [-0.2, 0) is 7.05 Å². The van der Waals surface area contributed by atoms with Crippen LogP contribution in [0.1, 0.15) is 42.6 Å². The highest BCUT2D eigenvalue weighted by Crippen LogP contribution is 2.29. The van der Waals surface area contributed by atoms with Gasteiger partial charge in [0.1, 0.15) is 5.69 Å². The molecule has 5 rings (SSSR count). The van der Waals surface area contributed by atoms with Crippen LogP contribution < -0.4 is 16.4 Å². The quantitative estimate of drug-likeness (QED) is 0.392. The minimum absolute atomic E-state index is 0.0165. The number of rotatable bonds is 7. The van der Waals surface area contributed by atoms with Crippen LogP contribution in [0.15, 0.2) is 42.7 Å². The summed E-state index contributed by atoms with van der Waals surface area (Å²) in [5.41, 5.74) is 12.4. The molecule has 4 aromatic rings. The van der Waals surface area contributed by atoms with Crippen LogP contribution in [0.25, 0.3) is 28.3 Å². The summed E-state index contributed by atoms with van der Waals surface area (Å²) in [4.78, 5) is 17.2. The molecular formula is C25H30N8O. The normalized spacial score (nSPS) is 13.9. The maximum Gasteiger partial charge on any atom is 0.251 e. The zero-order valence-corrected chi connectivity index (χ0v) is 20.0. The number of amides is 1. The number of nitrogens with zero attached hydrogens (tertiary/aromatic N) is 5. The largest absolute Gasteiger partial charge is 0.380 e. The van der Waals surface area contributed by atoms with Gasteiger partial charge in [-0.05, 0) is 63.4 Å². The molecule has 1 aliphatic rings. The minimum atomic E-state index is -0.393. The summed E-state index contributed by atoms with van der Waals surface area (Å²) in [5.74, 6) is -0.0165. The van der Waals surface area contributed by atoms with E-state index in [1.165, 1.54) is 0 Å². The molecule has 1 aromatic carbocycles. The Kier molecular flexibility index (Phi) is 5.36. The Morgan fingerprint density at radius 3 is 2.65 bits per heavy atom. The molecule has 1 fully saturated rings. The number of aromatic nitrogens is 5. The Labute approximate surface area is 198 Å². The van der Waals surface area contributed by atoms with E-state index in [9.17, 15) is 4.79 Å². The van der Waals surface area contributed by atoms with E-state index in [0.29, 0.717) is 23.8 Å². The molecule has 9 heteroatoms. The third-order valence-electron chi connectivity index (χ3n) is 5.96. The zero-order chi connectivity index (χ0) is 24.0. The van der Waals surface area contributed by atoms with E-state index < -0.39 is 5.54 Å². The van der Waals surface area contributed by atoms with Gasteiger partial charge in [0, 0.05) is 42.5 Å². The molecule has 3 aromatic heterocycles. The Hall–Kier alpha value is -3.72. The highest BCUT2D eigenvalue weighted by Gasteiger charge is 2.25. The fourth-order valence-electron chi connectivity index (χ4n) is 3.94. The first-order chi connectivity index (χ1) is 16.2. The highest BCUT2D eigenvalue weighted by atomic mass is 16.1. The first kappa shape index (κ1) is 22.1. The molecule has 176 valence electrons. The highest BCUT2D eigenvalue weighted by molar-refractivity contribution is 5.96. The van der Waals surface area contributed by atoms with E-state index in [4.69, 9.17) is 10.8 Å². The Bertz CT molecular complexity index is 1370. The minimum Gasteiger partial charge on any atom is -0.380 e. The molecule has 1 saturated carbocycles. The number of imidazole rings is 1. The molecular weight excluding hydrogens is 428 g/mol. The summed E-state index contributed by atoms with van der Waals surface area (Å²) >= 11 is 0. The summed E-state index contributed by atoms with van der Waals surface area (Å²) in [5, 5.41) is 15.7. The van der Waals surface area contributed by atoms with E-state index in [-0.39, 0.29) is 5.91 Å².